The maximum Gasteiger partial charge on any atom is 0.441 e. The molecule has 1 aromatic rings. The Hall–Kier alpha value is -3.03. The first-order valence-electron chi connectivity index (χ1n) is 9.92. The van der Waals surface area contributed by atoms with Gasteiger partial charge in [0.2, 0.25) is 5.91 Å². The highest BCUT2D eigenvalue weighted by molar-refractivity contribution is 5.91. The third kappa shape index (κ3) is 5.54. The summed E-state index contributed by atoms with van der Waals surface area (Å²) in [5, 5.41) is 13.5. The summed E-state index contributed by atoms with van der Waals surface area (Å²) >= 11 is 0. The molecule has 192 valence electrons. The maximum absolute atomic E-state index is 14.1. The zero-order valence-electron chi connectivity index (χ0n) is 18.6. The molecule has 0 aromatic heterocycles. The fourth-order valence-electron chi connectivity index (χ4n) is 2.79. The maximum atomic E-state index is 14.1. The van der Waals surface area contributed by atoms with E-state index in [0.29, 0.717) is 18.2 Å². The van der Waals surface area contributed by atoms with Gasteiger partial charge in [0.1, 0.15) is 0 Å². The lowest BCUT2D eigenvalue weighted by atomic mass is 9.91. The quantitative estimate of drug-likeness (QED) is 0.270. The number of aryl methyl sites for hydroxylation is 1. The molecule has 2 atom stereocenters. The standard InChI is InChI=1S/C20H24F6N2O6/c1-5-14(29)28-18(20(24,25)26,16(31)34-7-3)27-13-9-8-12(10-11(13)4)17(32,19(21,22)23)15(30)33-6-2/h8-10,27,32H,5-7H2,1-4H3,(H,28,29)/t17-,18-/m0/s1. The molecular formula is C20H24F6N2O6. The molecule has 0 bridgehead atoms. The molecule has 0 saturated carbocycles. The van der Waals surface area contributed by atoms with Gasteiger partial charge in [-0.15, -0.1) is 0 Å². The lowest BCUT2D eigenvalue weighted by Crippen LogP contribution is -2.69. The van der Waals surface area contributed by atoms with E-state index < -0.39 is 72.3 Å². The Labute approximate surface area is 190 Å². The average molecular weight is 502 g/mol. The van der Waals surface area contributed by atoms with Crippen molar-refractivity contribution in [3.8, 4) is 0 Å². The van der Waals surface area contributed by atoms with Crippen LogP contribution in [0.5, 0.6) is 0 Å². The highest BCUT2D eigenvalue weighted by Crippen LogP contribution is 2.42. The summed E-state index contributed by atoms with van der Waals surface area (Å²) in [6.45, 7) is 3.77. The van der Waals surface area contributed by atoms with Gasteiger partial charge in [0.25, 0.3) is 5.60 Å². The molecule has 14 heteroatoms. The number of esters is 2. The Morgan fingerprint density at radius 1 is 0.912 bits per heavy atom. The second-order valence-electron chi connectivity index (χ2n) is 6.95. The molecule has 0 aliphatic rings. The summed E-state index contributed by atoms with van der Waals surface area (Å²) in [6.07, 6.45) is -11.4. The Kier molecular flexibility index (Phi) is 8.95. The van der Waals surface area contributed by atoms with Gasteiger partial charge in [-0.2, -0.15) is 26.3 Å². The smallest absolute Gasteiger partial charge is 0.441 e. The number of anilines is 1. The number of hydrogen-bond donors (Lipinski definition) is 3. The molecule has 0 spiro atoms. The number of ether oxygens (including phenoxy) is 2. The van der Waals surface area contributed by atoms with Crippen molar-refractivity contribution in [3.63, 3.8) is 0 Å². The fraction of sp³-hybridized carbons (Fsp3) is 0.550. The zero-order valence-corrected chi connectivity index (χ0v) is 18.6. The molecule has 0 radical (unpaired) electrons. The van der Waals surface area contributed by atoms with Crippen molar-refractivity contribution in [2.75, 3.05) is 18.5 Å². The number of carbonyl (C=O) groups is 3. The summed E-state index contributed by atoms with van der Waals surface area (Å²) in [6, 6.07) is 1.81. The number of amides is 1. The van der Waals surface area contributed by atoms with Gasteiger partial charge in [0.05, 0.1) is 13.2 Å². The van der Waals surface area contributed by atoms with Gasteiger partial charge >= 0.3 is 30.0 Å². The Morgan fingerprint density at radius 2 is 1.44 bits per heavy atom. The van der Waals surface area contributed by atoms with Crippen molar-refractivity contribution in [1.82, 2.24) is 5.32 Å². The SMILES string of the molecule is CCOC(=O)[C@@](NC(=O)CC)(Nc1ccc([C@](O)(C(=O)OCC)C(F)(F)F)cc1C)C(F)(F)F. The average Bonchev–Trinajstić information content (AvgIpc) is 2.72. The lowest BCUT2D eigenvalue weighted by Gasteiger charge is -2.36. The first-order valence-corrected chi connectivity index (χ1v) is 9.92. The van der Waals surface area contributed by atoms with Crippen molar-refractivity contribution >= 4 is 23.5 Å². The molecular weight excluding hydrogens is 478 g/mol. The fourth-order valence-corrected chi connectivity index (χ4v) is 2.79. The van der Waals surface area contributed by atoms with Crippen LogP contribution in [0.3, 0.4) is 0 Å². The number of benzene rings is 1. The molecule has 8 nitrogen and oxygen atoms in total. The number of hydrogen-bond acceptors (Lipinski definition) is 7. The molecule has 0 aliphatic heterocycles. The summed E-state index contributed by atoms with van der Waals surface area (Å²) in [5.41, 5.74) is -9.80. The molecule has 0 heterocycles. The number of carbonyl (C=O) groups excluding carboxylic acids is 3. The normalized spacial score (nSPS) is 15.5. The summed E-state index contributed by atoms with van der Waals surface area (Å²) in [7, 11) is 0. The minimum atomic E-state index is -5.53. The lowest BCUT2D eigenvalue weighted by molar-refractivity contribution is -0.267. The van der Waals surface area contributed by atoms with Crippen molar-refractivity contribution in [1.29, 1.82) is 0 Å². The minimum absolute atomic E-state index is 0.340. The number of aliphatic hydroxyl groups is 1. The molecule has 0 saturated heterocycles. The zero-order chi connectivity index (χ0) is 26.5. The molecule has 1 rings (SSSR count). The third-order valence-corrected chi connectivity index (χ3v) is 4.60. The van der Waals surface area contributed by atoms with Gasteiger partial charge in [-0.3, -0.25) is 4.79 Å². The van der Waals surface area contributed by atoms with Crippen molar-refractivity contribution in [3.05, 3.63) is 29.3 Å². The third-order valence-electron chi connectivity index (χ3n) is 4.60. The van der Waals surface area contributed by atoms with E-state index in [0.717, 1.165) is 6.92 Å². The number of alkyl halides is 6. The van der Waals surface area contributed by atoms with Gasteiger partial charge < -0.3 is 25.2 Å². The van der Waals surface area contributed by atoms with Crippen LogP contribution in [0.1, 0.15) is 38.3 Å². The van der Waals surface area contributed by atoms with E-state index in [-0.39, 0.29) is 5.56 Å². The molecule has 34 heavy (non-hydrogen) atoms. The summed E-state index contributed by atoms with van der Waals surface area (Å²) in [5.74, 6) is -5.12. The number of rotatable bonds is 9. The highest BCUT2D eigenvalue weighted by Gasteiger charge is 2.64. The van der Waals surface area contributed by atoms with E-state index in [1.54, 1.807) is 0 Å². The molecule has 0 fully saturated rings. The van der Waals surface area contributed by atoms with E-state index >= 15 is 0 Å². The van der Waals surface area contributed by atoms with Crippen molar-refractivity contribution in [2.45, 2.75) is 57.7 Å². The van der Waals surface area contributed by atoms with Crippen LogP contribution in [-0.2, 0) is 29.5 Å². The van der Waals surface area contributed by atoms with Gasteiger partial charge in [0.15, 0.2) is 0 Å². The molecule has 3 N–H and O–H groups in total. The first-order chi connectivity index (χ1) is 15.5. The topological polar surface area (TPSA) is 114 Å². The summed E-state index contributed by atoms with van der Waals surface area (Å²) < 4.78 is 91.7. The van der Waals surface area contributed by atoms with Gasteiger partial charge in [-0.05, 0) is 32.4 Å². The van der Waals surface area contributed by atoms with Gasteiger partial charge in [0, 0.05) is 17.7 Å². The van der Waals surface area contributed by atoms with Crippen LogP contribution in [0.2, 0.25) is 0 Å². The van der Waals surface area contributed by atoms with E-state index in [9.17, 15) is 45.8 Å². The van der Waals surface area contributed by atoms with E-state index in [2.05, 4.69) is 9.47 Å². The number of nitrogens with one attached hydrogen (secondary N) is 2. The second kappa shape index (κ2) is 10.5. The molecule has 1 amide bonds. The van der Waals surface area contributed by atoms with Crippen molar-refractivity contribution < 1.29 is 55.3 Å². The van der Waals surface area contributed by atoms with Gasteiger partial charge in [-0.1, -0.05) is 19.1 Å². The van der Waals surface area contributed by atoms with E-state index in [1.165, 1.54) is 26.1 Å². The molecule has 0 unspecified atom stereocenters. The molecule has 0 aliphatic carbocycles. The largest absolute Gasteiger partial charge is 0.463 e. The van der Waals surface area contributed by atoms with Crippen LogP contribution < -0.4 is 10.6 Å². The predicted molar refractivity (Wildman–Crippen MR) is 105 cm³/mol. The van der Waals surface area contributed by atoms with Crippen LogP contribution in [0.4, 0.5) is 32.0 Å². The van der Waals surface area contributed by atoms with Crippen LogP contribution in [0.15, 0.2) is 18.2 Å². The predicted octanol–water partition coefficient (Wildman–Crippen LogP) is 3.07. The van der Waals surface area contributed by atoms with E-state index in [1.807, 2.05) is 5.32 Å². The Morgan fingerprint density at radius 3 is 1.85 bits per heavy atom. The monoisotopic (exact) mass is 502 g/mol. The van der Waals surface area contributed by atoms with E-state index in [4.69, 9.17) is 0 Å². The Bertz CT molecular complexity index is 920. The van der Waals surface area contributed by atoms with Gasteiger partial charge in [-0.25, -0.2) is 9.59 Å². The van der Waals surface area contributed by atoms with Crippen molar-refractivity contribution in [2.24, 2.45) is 0 Å². The minimum Gasteiger partial charge on any atom is -0.463 e. The summed E-state index contributed by atoms with van der Waals surface area (Å²) in [4.78, 5) is 36.1. The first kappa shape index (κ1) is 29.0. The highest BCUT2D eigenvalue weighted by atomic mass is 19.4. The number of halogens is 6. The molecule has 1 aromatic carbocycles. The van der Waals surface area contributed by atoms with Crippen LogP contribution in [-0.4, -0.2) is 54.2 Å². The Balaban J connectivity index is 3.65. The van der Waals surface area contributed by atoms with Crippen LogP contribution >= 0.6 is 0 Å². The van der Waals surface area contributed by atoms with Crippen LogP contribution in [0.25, 0.3) is 0 Å². The van der Waals surface area contributed by atoms with Crippen LogP contribution in [0, 0.1) is 6.92 Å². The second-order valence-corrected chi connectivity index (χ2v) is 6.95.